The van der Waals surface area contributed by atoms with Crippen molar-refractivity contribution in [3.8, 4) is 0 Å². The van der Waals surface area contributed by atoms with Crippen molar-refractivity contribution in [3.63, 3.8) is 0 Å². The van der Waals surface area contributed by atoms with E-state index in [1.165, 1.54) is 4.90 Å². The molecule has 0 aromatic rings. The Morgan fingerprint density at radius 3 is 2.28 bits per heavy atom. The first-order valence-electron chi connectivity index (χ1n) is 6.76. The van der Waals surface area contributed by atoms with Crippen LogP contribution < -0.4 is 5.73 Å². The molecular formula is C13H18N2O2S. The van der Waals surface area contributed by atoms with Crippen LogP contribution in [0.25, 0.3) is 0 Å². The molecule has 1 heterocycles. The number of thiocarbonyl (C=S) groups is 1. The number of carbonyl (C=O) groups excluding carboxylic acids is 2. The van der Waals surface area contributed by atoms with E-state index in [4.69, 9.17) is 18.0 Å². The molecule has 4 unspecified atom stereocenters. The molecule has 2 N–H and O–H groups in total. The maximum atomic E-state index is 12.4. The van der Waals surface area contributed by atoms with Crippen LogP contribution in [0.3, 0.4) is 0 Å². The van der Waals surface area contributed by atoms with Gasteiger partial charge in [0.25, 0.3) is 0 Å². The maximum absolute atomic E-state index is 12.4. The first kappa shape index (κ1) is 12.1. The van der Waals surface area contributed by atoms with Crippen molar-refractivity contribution in [2.45, 2.75) is 44.6 Å². The summed E-state index contributed by atoms with van der Waals surface area (Å²) in [5.41, 5.74) is 5.75. The normalized spacial score (nSPS) is 39.4. The van der Waals surface area contributed by atoms with Crippen LogP contribution in [0.1, 0.15) is 38.5 Å². The minimum absolute atomic E-state index is 0.0295. The molecule has 3 fully saturated rings. The van der Waals surface area contributed by atoms with Crippen LogP contribution in [-0.4, -0.2) is 27.7 Å². The van der Waals surface area contributed by atoms with Crippen molar-refractivity contribution < 1.29 is 9.59 Å². The van der Waals surface area contributed by atoms with E-state index in [1.807, 2.05) is 0 Å². The highest BCUT2D eigenvalue weighted by Crippen LogP contribution is 2.42. The summed E-state index contributed by atoms with van der Waals surface area (Å²) >= 11 is 5.08. The number of amides is 2. The van der Waals surface area contributed by atoms with E-state index in [9.17, 15) is 9.59 Å². The van der Waals surface area contributed by atoms with Crippen LogP contribution in [0.4, 0.5) is 0 Å². The highest BCUT2D eigenvalue weighted by Gasteiger charge is 2.50. The number of nitrogens with zero attached hydrogens (tertiary/aromatic N) is 1. The van der Waals surface area contributed by atoms with Crippen molar-refractivity contribution in [3.05, 3.63) is 0 Å². The summed E-state index contributed by atoms with van der Waals surface area (Å²) in [6.45, 7) is 0. The van der Waals surface area contributed by atoms with E-state index < -0.39 is 0 Å². The van der Waals surface area contributed by atoms with Crippen LogP contribution in [-0.2, 0) is 9.59 Å². The molecule has 3 aliphatic rings. The number of piperidine rings is 1. The lowest BCUT2D eigenvalue weighted by atomic mass is 9.92. The predicted octanol–water partition coefficient (Wildman–Crippen LogP) is 1.23. The SMILES string of the molecule is NC(=S)C1CCCC1N1C(=O)C2CCC(C2)C1=O. The van der Waals surface area contributed by atoms with E-state index in [1.54, 1.807) is 0 Å². The molecule has 18 heavy (non-hydrogen) atoms. The molecule has 0 aromatic carbocycles. The molecule has 3 rings (SSSR count). The van der Waals surface area contributed by atoms with Crippen molar-refractivity contribution >= 4 is 29.0 Å². The lowest BCUT2D eigenvalue weighted by Crippen LogP contribution is -2.54. The number of carbonyl (C=O) groups is 2. The first-order valence-corrected chi connectivity index (χ1v) is 7.16. The lowest BCUT2D eigenvalue weighted by Gasteiger charge is -2.36. The topological polar surface area (TPSA) is 63.4 Å². The Morgan fingerprint density at radius 2 is 1.72 bits per heavy atom. The maximum Gasteiger partial charge on any atom is 0.232 e. The largest absolute Gasteiger partial charge is 0.393 e. The van der Waals surface area contributed by atoms with E-state index in [2.05, 4.69) is 0 Å². The van der Waals surface area contributed by atoms with Gasteiger partial charge in [-0.3, -0.25) is 14.5 Å². The van der Waals surface area contributed by atoms with Crippen LogP contribution in [0.5, 0.6) is 0 Å². The molecule has 2 aliphatic carbocycles. The highest BCUT2D eigenvalue weighted by atomic mass is 32.1. The fourth-order valence-corrected chi connectivity index (χ4v) is 4.12. The van der Waals surface area contributed by atoms with Crippen LogP contribution in [0, 0.1) is 17.8 Å². The molecule has 2 amide bonds. The average Bonchev–Trinajstić information content (AvgIpc) is 2.95. The summed E-state index contributed by atoms with van der Waals surface area (Å²) in [6.07, 6.45) is 5.27. The van der Waals surface area contributed by atoms with Gasteiger partial charge in [-0.05, 0) is 32.1 Å². The number of hydrogen-bond acceptors (Lipinski definition) is 3. The molecule has 1 aliphatic heterocycles. The molecule has 4 atom stereocenters. The van der Waals surface area contributed by atoms with E-state index in [0.717, 1.165) is 38.5 Å². The number of nitrogens with two attached hydrogens (primary N) is 1. The molecule has 98 valence electrons. The smallest absolute Gasteiger partial charge is 0.232 e. The molecule has 0 radical (unpaired) electrons. The van der Waals surface area contributed by atoms with Crippen molar-refractivity contribution in [1.82, 2.24) is 4.90 Å². The molecule has 0 aromatic heterocycles. The zero-order valence-corrected chi connectivity index (χ0v) is 11.1. The minimum atomic E-state index is -0.0640. The van der Waals surface area contributed by atoms with Gasteiger partial charge < -0.3 is 5.73 Å². The number of fused-ring (bicyclic) bond motifs is 2. The Labute approximate surface area is 112 Å². The van der Waals surface area contributed by atoms with E-state index >= 15 is 0 Å². The van der Waals surface area contributed by atoms with Gasteiger partial charge in [-0.15, -0.1) is 0 Å². The van der Waals surface area contributed by atoms with Crippen molar-refractivity contribution in [1.29, 1.82) is 0 Å². The van der Waals surface area contributed by atoms with Crippen LogP contribution in [0.15, 0.2) is 0 Å². The molecule has 4 nitrogen and oxygen atoms in total. The third-order valence-corrected chi connectivity index (χ3v) is 5.09. The zero-order valence-electron chi connectivity index (χ0n) is 10.3. The number of hydrogen-bond donors (Lipinski definition) is 1. The fraction of sp³-hybridized carbons (Fsp3) is 0.769. The van der Waals surface area contributed by atoms with Gasteiger partial charge in [0.1, 0.15) is 0 Å². The highest BCUT2D eigenvalue weighted by molar-refractivity contribution is 7.80. The average molecular weight is 266 g/mol. The van der Waals surface area contributed by atoms with Gasteiger partial charge in [-0.25, -0.2) is 0 Å². The standard InChI is InChI=1S/C13H18N2O2S/c14-11(18)9-2-1-3-10(9)15-12(16)7-4-5-8(6-7)13(15)17/h7-10H,1-6H2,(H2,14,18). The Balaban J connectivity index is 1.88. The predicted molar refractivity (Wildman–Crippen MR) is 70.6 cm³/mol. The monoisotopic (exact) mass is 266 g/mol. The van der Waals surface area contributed by atoms with Gasteiger partial charge in [-0.2, -0.15) is 0 Å². The Bertz CT molecular complexity index is 401. The van der Waals surface area contributed by atoms with Gasteiger partial charge in [0, 0.05) is 23.8 Å². The second-order valence-electron chi connectivity index (χ2n) is 5.76. The number of rotatable bonds is 2. The summed E-state index contributed by atoms with van der Waals surface area (Å²) in [4.78, 5) is 26.7. The van der Waals surface area contributed by atoms with E-state index in [-0.39, 0.29) is 35.6 Å². The molecule has 0 spiro atoms. The molecule has 2 saturated carbocycles. The Morgan fingerprint density at radius 1 is 1.11 bits per heavy atom. The first-order chi connectivity index (χ1) is 8.59. The second-order valence-corrected chi connectivity index (χ2v) is 6.23. The van der Waals surface area contributed by atoms with Crippen LogP contribution >= 0.6 is 12.2 Å². The third kappa shape index (κ3) is 1.67. The van der Waals surface area contributed by atoms with Crippen molar-refractivity contribution in [2.75, 3.05) is 0 Å². The molecular weight excluding hydrogens is 248 g/mol. The summed E-state index contributed by atoms with van der Waals surface area (Å²) in [5, 5.41) is 0. The summed E-state index contributed by atoms with van der Waals surface area (Å²) in [5.74, 6) is 0.231. The second kappa shape index (κ2) is 4.30. The summed E-state index contributed by atoms with van der Waals surface area (Å²) in [6, 6.07) is -0.0640. The van der Waals surface area contributed by atoms with Crippen LogP contribution in [0.2, 0.25) is 0 Å². The Kier molecular flexibility index (Phi) is 2.88. The Hall–Kier alpha value is -0.970. The quantitative estimate of drug-likeness (QED) is 0.603. The van der Waals surface area contributed by atoms with Gasteiger partial charge in [-0.1, -0.05) is 18.6 Å². The summed E-state index contributed by atoms with van der Waals surface area (Å²) in [7, 11) is 0. The van der Waals surface area contributed by atoms with Gasteiger partial charge in [0.2, 0.25) is 11.8 Å². The molecule has 1 saturated heterocycles. The zero-order chi connectivity index (χ0) is 12.9. The lowest BCUT2D eigenvalue weighted by molar-refractivity contribution is -0.156. The fourth-order valence-electron chi connectivity index (χ4n) is 3.84. The van der Waals surface area contributed by atoms with Gasteiger partial charge in [0.05, 0.1) is 4.99 Å². The molecule has 2 bridgehead atoms. The minimum Gasteiger partial charge on any atom is -0.393 e. The van der Waals surface area contributed by atoms with E-state index in [0.29, 0.717) is 4.99 Å². The van der Waals surface area contributed by atoms with Gasteiger partial charge in [0.15, 0.2) is 0 Å². The number of likely N-dealkylation sites (tertiary alicyclic amines) is 1. The van der Waals surface area contributed by atoms with Gasteiger partial charge >= 0.3 is 0 Å². The number of imide groups is 1. The molecule has 5 heteroatoms. The summed E-state index contributed by atoms with van der Waals surface area (Å²) < 4.78 is 0. The third-order valence-electron chi connectivity index (χ3n) is 4.78. The van der Waals surface area contributed by atoms with Crippen molar-refractivity contribution in [2.24, 2.45) is 23.5 Å².